The summed E-state index contributed by atoms with van der Waals surface area (Å²) in [6.45, 7) is 4.14. The molecule has 1 amide bonds. The standard InChI is InChI=1S/C14H21N3O2S/c1-16-4-5-19-12(7-16)8-17(6-11-2-3-11)14(18)13-9-20-10-15-13/h9-12H,2-8H2,1H3/t12-/m0/s1. The molecule has 0 aromatic carbocycles. The van der Waals surface area contributed by atoms with Crippen LogP contribution in [-0.4, -0.2) is 66.6 Å². The number of carbonyl (C=O) groups excluding carboxylic acids is 1. The molecular formula is C14H21N3O2S. The summed E-state index contributed by atoms with van der Waals surface area (Å²) in [6, 6.07) is 0. The first kappa shape index (κ1) is 14.0. The van der Waals surface area contributed by atoms with Crippen molar-refractivity contribution in [3.8, 4) is 0 Å². The fourth-order valence-corrected chi connectivity index (χ4v) is 3.08. The van der Waals surface area contributed by atoms with E-state index in [2.05, 4.69) is 16.9 Å². The van der Waals surface area contributed by atoms with E-state index in [0.29, 0.717) is 18.2 Å². The van der Waals surface area contributed by atoms with Crippen molar-refractivity contribution in [3.05, 3.63) is 16.6 Å². The molecular weight excluding hydrogens is 274 g/mol. The molecule has 5 nitrogen and oxygen atoms in total. The van der Waals surface area contributed by atoms with Crippen LogP contribution < -0.4 is 0 Å². The van der Waals surface area contributed by atoms with Gasteiger partial charge in [0.2, 0.25) is 0 Å². The van der Waals surface area contributed by atoms with Gasteiger partial charge in [-0.1, -0.05) is 0 Å². The molecule has 0 spiro atoms. The molecule has 2 aliphatic rings. The summed E-state index contributed by atoms with van der Waals surface area (Å²) in [6.07, 6.45) is 2.61. The molecule has 1 aromatic rings. The van der Waals surface area contributed by atoms with Gasteiger partial charge in [-0.25, -0.2) is 4.98 Å². The third-order valence-electron chi connectivity index (χ3n) is 3.88. The monoisotopic (exact) mass is 295 g/mol. The number of carbonyl (C=O) groups is 1. The Bertz CT molecular complexity index is 447. The van der Waals surface area contributed by atoms with Gasteiger partial charge in [-0.05, 0) is 25.8 Å². The summed E-state index contributed by atoms with van der Waals surface area (Å²) in [7, 11) is 2.10. The first-order valence-corrected chi connectivity index (χ1v) is 8.14. The fourth-order valence-electron chi connectivity index (χ4n) is 2.56. The number of thiazole rings is 1. The van der Waals surface area contributed by atoms with E-state index in [1.165, 1.54) is 24.2 Å². The molecule has 0 N–H and O–H groups in total. The Kier molecular flexibility index (Phi) is 4.33. The maximum absolute atomic E-state index is 12.5. The van der Waals surface area contributed by atoms with E-state index in [9.17, 15) is 4.79 Å². The van der Waals surface area contributed by atoms with Gasteiger partial charge in [0.15, 0.2) is 0 Å². The van der Waals surface area contributed by atoms with Crippen molar-refractivity contribution < 1.29 is 9.53 Å². The Morgan fingerprint density at radius 3 is 3.05 bits per heavy atom. The van der Waals surface area contributed by atoms with Gasteiger partial charge in [0.05, 0.1) is 18.2 Å². The molecule has 110 valence electrons. The number of hydrogen-bond donors (Lipinski definition) is 0. The van der Waals surface area contributed by atoms with Gasteiger partial charge >= 0.3 is 0 Å². The number of nitrogens with zero attached hydrogens (tertiary/aromatic N) is 3. The fraction of sp³-hybridized carbons (Fsp3) is 0.714. The minimum absolute atomic E-state index is 0.0509. The van der Waals surface area contributed by atoms with Gasteiger partial charge in [-0.2, -0.15) is 0 Å². The van der Waals surface area contributed by atoms with Crippen LogP contribution in [0, 0.1) is 5.92 Å². The molecule has 1 aliphatic carbocycles. The second-order valence-electron chi connectivity index (χ2n) is 5.78. The average molecular weight is 295 g/mol. The highest BCUT2D eigenvalue weighted by Gasteiger charge is 2.30. The van der Waals surface area contributed by atoms with Crippen LogP contribution >= 0.6 is 11.3 Å². The average Bonchev–Trinajstić information content (AvgIpc) is 3.08. The second kappa shape index (κ2) is 6.20. The topological polar surface area (TPSA) is 45.7 Å². The van der Waals surface area contributed by atoms with Crippen LogP contribution in [0.15, 0.2) is 10.9 Å². The van der Waals surface area contributed by atoms with E-state index in [1.54, 1.807) is 5.51 Å². The highest BCUT2D eigenvalue weighted by molar-refractivity contribution is 7.07. The van der Waals surface area contributed by atoms with Gasteiger partial charge in [-0.3, -0.25) is 4.79 Å². The zero-order valence-corrected chi connectivity index (χ0v) is 12.6. The normalized spacial score (nSPS) is 23.8. The van der Waals surface area contributed by atoms with Crippen molar-refractivity contribution >= 4 is 17.2 Å². The molecule has 0 bridgehead atoms. The van der Waals surface area contributed by atoms with Gasteiger partial charge in [-0.15, -0.1) is 11.3 Å². The zero-order valence-electron chi connectivity index (χ0n) is 11.8. The number of aromatic nitrogens is 1. The predicted octanol–water partition coefficient (Wildman–Crippen LogP) is 1.33. The first-order valence-electron chi connectivity index (χ1n) is 7.20. The molecule has 0 unspecified atom stereocenters. The van der Waals surface area contributed by atoms with Crippen LogP contribution in [0.2, 0.25) is 0 Å². The highest BCUT2D eigenvalue weighted by atomic mass is 32.1. The Labute approximate surface area is 123 Å². The molecule has 20 heavy (non-hydrogen) atoms. The van der Waals surface area contributed by atoms with Crippen molar-refractivity contribution in [1.29, 1.82) is 0 Å². The summed E-state index contributed by atoms with van der Waals surface area (Å²) >= 11 is 1.47. The molecule has 2 fully saturated rings. The first-order chi connectivity index (χ1) is 9.72. The smallest absolute Gasteiger partial charge is 0.273 e. The van der Waals surface area contributed by atoms with Crippen molar-refractivity contribution in [2.45, 2.75) is 18.9 Å². The molecule has 0 radical (unpaired) electrons. The van der Waals surface area contributed by atoms with Crippen molar-refractivity contribution in [2.24, 2.45) is 5.92 Å². The van der Waals surface area contributed by atoms with E-state index < -0.39 is 0 Å². The SMILES string of the molecule is CN1CCO[C@H](CN(CC2CC2)C(=O)c2cscn2)C1. The van der Waals surface area contributed by atoms with Crippen molar-refractivity contribution in [2.75, 3.05) is 39.8 Å². The molecule has 6 heteroatoms. The lowest BCUT2D eigenvalue weighted by molar-refractivity contribution is -0.0332. The molecule has 1 aromatic heterocycles. The van der Waals surface area contributed by atoms with Crippen molar-refractivity contribution in [1.82, 2.24) is 14.8 Å². The zero-order chi connectivity index (χ0) is 13.9. The van der Waals surface area contributed by atoms with Gasteiger partial charge < -0.3 is 14.5 Å². The number of rotatable bonds is 5. The van der Waals surface area contributed by atoms with Crippen LogP contribution in [0.5, 0.6) is 0 Å². The van der Waals surface area contributed by atoms with Gasteiger partial charge in [0, 0.05) is 31.6 Å². The molecule has 1 atom stereocenters. The van der Waals surface area contributed by atoms with Crippen LogP contribution in [-0.2, 0) is 4.74 Å². The number of amides is 1. The highest BCUT2D eigenvalue weighted by Crippen LogP contribution is 2.30. The lowest BCUT2D eigenvalue weighted by Gasteiger charge is -2.33. The van der Waals surface area contributed by atoms with Crippen LogP contribution in [0.25, 0.3) is 0 Å². The van der Waals surface area contributed by atoms with Crippen LogP contribution in [0.1, 0.15) is 23.3 Å². The summed E-state index contributed by atoms with van der Waals surface area (Å²) in [5, 5.41) is 1.83. The quantitative estimate of drug-likeness (QED) is 0.822. The molecule has 3 rings (SSSR count). The Balaban J connectivity index is 1.64. The van der Waals surface area contributed by atoms with Crippen molar-refractivity contribution in [3.63, 3.8) is 0 Å². The van der Waals surface area contributed by atoms with Crippen LogP contribution in [0.4, 0.5) is 0 Å². The largest absolute Gasteiger partial charge is 0.374 e. The van der Waals surface area contributed by atoms with Gasteiger partial charge in [0.1, 0.15) is 5.69 Å². The second-order valence-corrected chi connectivity index (χ2v) is 6.50. The van der Waals surface area contributed by atoms with E-state index >= 15 is 0 Å². The van der Waals surface area contributed by atoms with Gasteiger partial charge in [0.25, 0.3) is 5.91 Å². The maximum Gasteiger partial charge on any atom is 0.273 e. The van der Waals surface area contributed by atoms with E-state index in [4.69, 9.17) is 4.74 Å². The number of likely N-dealkylation sites (N-methyl/N-ethyl adjacent to an activating group) is 1. The Morgan fingerprint density at radius 2 is 2.40 bits per heavy atom. The minimum atomic E-state index is 0.0509. The third-order valence-corrected chi connectivity index (χ3v) is 4.47. The van der Waals surface area contributed by atoms with E-state index in [-0.39, 0.29) is 12.0 Å². The Morgan fingerprint density at radius 1 is 1.55 bits per heavy atom. The van der Waals surface area contributed by atoms with E-state index in [1.807, 2.05) is 10.3 Å². The summed E-state index contributed by atoms with van der Waals surface area (Å²) in [5.41, 5.74) is 2.28. The van der Waals surface area contributed by atoms with Crippen LogP contribution in [0.3, 0.4) is 0 Å². The minimum Gasteiger partial charge on any atom is -0.374 e. The molecule has 1 aliphatic heterocycles. The summed E-state index contributed by atoms with van der Waals surface area (Å²) in [5.74, 6) is 0.730. The number of ether oxygens (including phenoxy) is 1. The maximum atomic E-state index is 12.5. The summed E-state index contributed by atoms with van der Waals surface area (Å²) in [4.78, 5) is 20.9. The predicted molar refractivity (Wildman–Crippen MR) is 78.0 cm³/mol. The lowest BCUT2D eigenvalue weighted by Crippen LogP contribution is -2.48. The van der Waals surface area contributed by atoms with E-state index in [0.717, 1.165) is 26.2 Å². The summed E-state index contributed by atoms with van der Waals surface area (Å²) < 4.78 is 5.79. The lowest BCUT2D eigenvalue weighted by atomic mass is 10.2. The number of morpholine rings is 1. The third kappa shape index (κ3) is 3.56. The Hall–Kier alpha value is -0.980. The molecule has 1 saturated carbocycles. The molecule has 1 saturated heterocycles. The number of hydrogen-bond acceptors (Lipinski definition) is 5. The molecule has 2 heterocycles.